The maximum atomic E-state index is 6.14. The molecule has 1 heterocycles. The zero-order valence-corrected chi connectivity index (χ0v) is 18.0. The Morgan fingerprint density at radius 3 is 2.03 bits per heavy atom. The largest absolute Gasteiger partial charge is 0.496 e. The van der Waals surface area contributed by atoms with Crippen molar-refractivity contribution in [2.75, 3.05) is 7.11 Å². The van der Waals surface area contributed by atoms with E-state index in [-0.39, 0.29) is 0 Å². The van der Waals surface area contributed by atoms with E-state index in [1.807, 2.05) is 91.0 Å². The molecule has 0 aliphatic heterocycles. The number of methoxy groups -OCH3 is 1. The molecule has 1 aromatic heterocycles. The minimum Gasteiger partial charge on any atom is -0.496 e. The Morgan fingerprint density at radius 1 is 0.750 bits per heavy atom. The molecule has 0 amide bonds. The minimum atomic E-state index is 0.404. The van der Waals surface area contributed by atoms with Crippen molar-refractivity contribution in [2.45, 2.75) is 19.8 Å². The molecule has 0 radical (unpaired) electrons. The molecule has 0 unspecified atom stereocenters. The quantitative estimate of drug-likeness (QED) is 0.390. The number of benzene rings is 3. The van der Waals surface area contributed by atoms with E-state index in [9.17, 15) is 0 Å². The lowest BCUT2D eigenvalue weighted by Crippen LogP contribution is -2.03. The average molecular weight is 427 g/mol. The first-order valence-electron chi connectivity index (χ1n) is 10.5. The van der Waals surface area contributed by atoms with Crippen LogP contribution in [0.25, 0.3) is 11.1 Å². The lowest BCUT2D eigenvalue weighted by Gasteiger charge is -2.15. The first kappa shape index (κ1) is 21.4. The summed E-state index contributed by atoms with van der Waals surface area (Å²) in [6, 6.07) is 29.8. The Morgan fingerprint density at radius 2 is 1.41 bits per heavy atom. The highest BCUT2D eigenvalue weighted by atomic mass is 16.5. The molecule has 4 aromatic rings. The summed E-state index contributed by atoms with van der Waals surface area (Å²) in [6.45, 7) is 1.25. The molecule has 0 saturated carbocycles. The summed E-state index contributed by atoms with van der Waals surface area (Å²) in [6.07, 6.45) is 0. The van der Waals surface area contributed by atoms with Gasteiger partial charge in [-0.3, -0.25) is 0 Å². The molecule has 3 aromatic carbocycles. The second-order valence-corrected chi connectivity index (χ2v) is 7.28. The number of hydrogen-bond donors (Lipinski definition) is 1. The average Bonchev–Trinajstić information content (AvgIpc) is 2.87. The van der Waals surface area contributed by atoms with Gasteiger partial charge in [0.2, 0.25) is 11.8 Å². The van der Waals surface area contributed by atoms with Crippen molar-refractivity contribution in [3.63, 3.8) is 0 Å². The molecule has 2 N–H and O–H groups in total. The first-order chi connectivity index (χ1) is 15.8. The zero-order valence-electron chi connectivity index (χ0n) is 18.0. The molecule has 0 atom stereocenters. The topological polar surface area (TPSA) is 66.6 Å². The number of hydrogen-bond acceptors (Lipinski definition) is 5. The Hall–Kier alpha value is -3.83. The van der Waals surface area contributed by atoms with Crippen molar-refractivity contribution in [3.05, 3.63) is 108 Å². The van der Waals surface area contributed by atoms with Gasteiger partial charge in [0.05, 0.1) is 7.11 Å². The summed E-state index contributed by atoms with van der Waals surface area (Å²) in [5, 5.41) is 0. The number of nitrogens with two attached hydrogens (primary N) is 1. The van der Waals surface area contributed by atoms with E-state index in [0.29, 0.717) is 31.5 Å². The van der Waals surface area contributed by atoms with Crippen LogP contribution in [0, 0.1) is 0 Å². The number of ether oxygens (including phenoxy) is 3. The van der Waals surface area contributed by atoms with Crippen LogP contribution < -0.4 is 19.9 Å². The molecule has 0 aliphatic carbocycles. The monoisotopic (exact) mass is 426 g/mol. The zero-order chi connectivity index (χ0) is 22.2. The molecule has 32 heavy (non-hydrogen) atoms. The van der Waals surface area contributed by atoms with Gasteiger partial charge in [-0.2, -0.15) is 4.98 Å². The maximum absolute atomic E-state index is 6.14. The highest BCUT2D eigenvalue weighted by Gasteiger charge is 2.13. The molecule has 4 rings (SSSR count). The second-order valence-electron chi connectivity index (χ2n) is 7.28. The third-order valence-corrected chi connectivity index (χ3v) is 5.10. The SMILES string of the molecule is COc1cc(-c2ccc(OCc3ccccc3)nc2OCc2ccccc2)ccc1CN. The van der Waals surface area contributed by atoms with E-state index in [1.165, 1.54) is 0 Å². The van der Waals surface area contributed by atoms with Crippen LogP contribution in [-0.2, 0) is 19.8 Å². The van der Waals surface area contributed by atoms with Gasteiger partial charge >= 0.3 is 0 Å². The van der Waals surface area contributed by atoms with Crippen LogP contribution >= 0.6 is 0 Å². The lowest BCUT2D eigenvalue weighted by atomic mass is 10.0. The maximum Gasteiger partial charge on any atom is 0.225 e. The van der Waals surface area contributed by atoms with Gasteiger partial charge in [-0.1, -0.05) is 72.8 Å². The van der Waals surface area contributed by atoms with Crippen LogP contribution in [0.2, 0.25) is 0 Å². The Balaban J connectivity index is 1.63. The number of pyridine rings is 1. The third kappa shape index (κ3) is 5.25. The summed E-state index contributed by atoms with van der Waals surface area (Å²) in [4.78, 5) is 4.67. The number of nitrogens with zero attached hydrogens (tertiary/aromatic N) is 1. The van der Waals surface area contributed by atoms with Gasteiger partial charge in [-0.15, -0.1) is 0 Å². The van der Waals surface area contributed by atoms with Gasteiger partial charge in [-0.25, -0.2) is 0 Å². The molecule has 0 saturated heterocycles. The van der Waals surface area contributed by atoms with Crippen molar-refractivity contribution in [3.8, 4) is 28.6 Å². The van der Waals surface area contributed by atoms with Gasteiger partial charge in [0, 0.05) is 23.7 Å². The van der Waals surface area contributed by atoms with Crippen LogP contribution in [0.5, 0.6) is 17.5 Å². The van der Waals surface area contributed by atoms with Gasteiger partial charge in [0.1, 0.15) is 19.0 Å². The molecule has 0 bridgehead atoms. The summed E-state index contributed by atoms with van der Waals surface area (Å²) in [5.74, 6) is 1.75. The number of rotatable bonds is 9. The minimum absolute atomic E-state index is 0.404. The van der Waals surface area contributed by atoms with Gasteiger partial charge in [0.15, 0.2) is 0 Å². The number of aromatic nitrogens is 1. The van der Waals surface area contributed by atoms with Crippen molar-refractivity contribution >= 4 is 0 Å². The summed E-state index contributed by atoms with van der Waals surface area (Å²) >= 11 is 0. The predicted molar refractivity (Wildman–Crippen MR) is 126 cm³/mol. The Labute approximate surface area is 188 Å². The van der Waals surface area contributed by atoms with E-state index in [4.69, 9.17) is 19.9 Å². The predicted octanol–water partition coefficient (Wildman–Crippen LogP) is 5.37. The van der Waals surface area contributed by atoms with E-state index in [0.717, 1.165) is 33.6 Å². The van der Waals surface area contributed by atoms with E-state index < -0.39 is 0 Å². The van der Waals surface area contributed by atoms with Crippen molar-refractivity contribution in [1.82, 2.24) is 4.98 Å². The molecule has 0 fully saturated rings. The molecule has 0 aliphatic rings. The molecule has 0 spiro atoms. The van der Waals surface area contributed by atoms with Crippen LogP contribution in [0.4, 0.5) is 0 Å². The second kappa shape index (κ2) is 10.5. The highest BCUT2D eigenvalue weighted by Crippen LogP contribution is 2.34. The van der Waals surface area contributed by atoms with E-state index >= 15 is 0 Å². The summed E-state index contributed by atoms with van der Waals surface area (Å²) < 4.78 is 17.6. The fourth-order valence-electron chi connectivity index (χ4n) is 3.37. The van der Waals surface area contributed by atoms with Crippen molar-refractivity contribution in [1.29, 1.82) is 0 Å². The molecule has 5 nitrogen and oxygen atoms in total. The molecular formula is C27H26N2O3. The Kier molecular flexibility index (Phi) is 7.00. The molecule has 162 valence electrons. The normalized spacial score (nSPS) is 10.6. The van der Waals surface area contributed by atoms with Crippen LogP contribution in [0.3, 0.4) is 0 Å². The van der Waals surface area contributed by atoms with Crippen LogP contribution in [0.15, 0.2) is 91.0 Å². The molecular weight excluding hydrogens is 400 g/mol. The molecule has 5 heteroatoms. The third-order valence-electron chi connectivity index (χ3n) is 5.10. The standard InChI is InChI=1S/C27H26N2O3/c1-30-25-16-22(12-13-23(25)17-28)24-14-15-26(31-18-20-8-4-2-5-9-20)29-27(24)32-19-21-10-6-3-7-11-21/h2-16H,17-19,28H2,1H3. The fourth-order valence-corrected chi connectivity index (χ4v) is 3.37. The highest BCUT2D eigenvalue weighted by molar-refractivity contribution is 5.71. The van der Waals surface area contributed by atoms with Crippen LogP contribution in [-0.4, -0.2) is 12.1 Å². The lowest BCUT2D eigenvalue weighted by molar-refractivity contribution is 0.268. The van der Waals surface area contributed by atoms with Crippen LogP contribution in [0.1, 0.15) is 16.7 Å². The Bertz CT molecular complexity index is 1150. The van der Waals surface area contributed by atoms with Crippen molar-refractivity contribution in [2.24, 2.45) is 5.73 Å². The van der Waals surface area contributed by atoms with Crippen molar-refractivity contribution < 1.29 is 14.2 Å². The fraction of sp³-hybridized carbons (Fsp3) is 0.148. The smallest absolute Gasteiger partial charge is 0.225 e. The summed E-state index contributed by atoms with van der Waals surface area (Å²) in [7, 11) is 1.64. The van der Waals surface area contributed by atoms with Gasteiger partial charge < -0.3 is 19.9 Å². The first-order valence-corrected chi connectivity index (χ1v) is 10.5. The van der Waals surface area contributed by atoms with E-state index in [2.05, 4.69) is 4.98 Å². The van der Waals surface area contributed by atoms with Gasteiger partial charge in [0.25, 0.3) is 0 Å². The van der Waals surface area contributed by atoms with E-state index in [1.54, 1.807) is 7.11 Å². The van der Waals surface area contributed by atoms with Gasteiger partial charge in [-0.05, 0) is 28.8 Å². The summed E-state index contributed by atoms with van der Waals surface area (Å²) in [5.41, 5.74) is 10.7.